The topological polar surface area (TPSA) is 77.8 Å². The average molecular weight is 281 g/mol. The van der Waals surface area contributed by atoms with E-state index in [0.717, 1.165) is 5.69 Å². The second-order valence-corrected chi connectivity index (χ2v) is 5.01. The lowest BCUT2D eigenvalue weighted by Crippen LogP contribution is -2.28. The summed E-state index contributed by atoms with van der Waals surface area (Å²) in [6, 6.07) is 13.7. The van der Waals surface area contributed by atoms with Crippen molar-refractivity contribution in [3.8, 4) is 0 Å². The molecule has 0 radical (unpaired) electrons. The maximum absolute atomic E-state index is 11.3. The van der Waals surface area contributed by atoms with E-state index in [9.17, 15) is 9.59 Å². The highest BCUT2D eigenvalue weighted by molar-refractivity contribution is 5.78. The van der Waals surface area contributed by atoms with Gasteiger partial charge in [-0.25, -0.2) is 0 Å². The molecule has 0 aliphatic carbocycles. The quantitative estimate of drug-likeness (QED) is 0.644. The molecule has 5 heteroatoms. The lowest BCUT2D eigenvalue weighted by molar-refractivity contribution is 1.13. The zero-order valence-corrected chi connectivity index (χ0v) is 11.6. The number of hydrogen-bond donors (Lipinski definition) is 3. The summed E-state index contributed by atoms with van der Waals surface area (Å²) >= 11 is 0. The molecule has 3 N–H and O–H groups in total. The number of hydrogen-bond acceptors (Lipinski definition) is 3. The largest absolute Gasteiger partial charge is 0.381 e. The molecule has 2 aromatic carbocycles. The molecule has 0 spiro atoms. The Bertz CT molecular complexity index is 892. The van der Waals surface area contributed by atoms with Crippen molar-refractivity contribution in [2.24, 2.45) is 0 Å². The number of benzene rings is 2. The van der Waals surface area contributed by atoms with Gasteiger partial charge >= 0.3 is 11.1 Å². The highest BCUT2D eigenvalue weighted by atomic mass is 16.2. The summed E-state index contributed by atoms with van der Waals surface area (Å²) in [7, 11) is 0. The van der Waals surface area contributed by atoms with E-state index in [1.54, 1.807) is 12.1 Å². The molecular formula is C16H15N3O2. The fourth-order valence-electron chi connectivity index (χ4n) is 2.13. The molecule has 0 unspecified atom stereocenters. The third-order valence-electron chi connectivity index (χ3n) is 3.34. The summed E-state index contributed by atoms with van der Waals surface area (Å²) in [6.45, 7) is 2.75. The monoisotopic (exact) mass is 281 g/mol. The number of rotatable bonds is 3. The minimum absolute atomic E-state index is 0.605. The second kappa shape index (κ2) is 5.28. The summed E-state index contributed by atoms with van der Waals surface area (Å²) in [6.07, 6.45) is 0. The van der Waals surface area contributed by atoms with Gasteiger partial charge < -0.3 is 15.3 Å². The van der Waals surface area contributed by atoms with E-state index >= 15 is 0 Å². The summed E-state index contributed by atoms with van der Waals surface area (Å²) in [5.41, 5.74) is 3.22. The molecule has 1 heterocycles. The van der Waals surface area contributed by atoms with Gasteiger partial charge in [-0.2, -0.15) is 0 Å². The fourth-order valence-corrected chi connectivity index (χ4v) is 2.13. The summed E-state index contributed by atoms with van der Waals surface area (Å²) < 4.78 is 0. The molecule has 0 atom stereocenters. The molecule has 0 amide bonds. The number of nitrogens with one attached hydrogen (secondary N) is 3. The van der Waals surface area contributed by atoms with Crippen LogP contribution in [0.2, 0.25) is 0 Å². The van der Waals surface area contributed by atoms with Crippen LogP contribution in [0.15, 0.2) is 52.1 Å². The minimum atomic E-state index is -0.641. The molecule has 0 fully saturated rings. The Balaban J connectivity index is 1.84. The Morgan fingerprint density at radius 2 is 1.57 bits per heavy atom. The maximum Gasteiger partial charge on any atom is 0.314 e. The van der Waals surface area contributed by atoms with E-state index in [2.05, 4.69) is 46.5 Å². The Kier molecular flexibility index (Phi) is 3.31. The Morgan fingerprint density at radius 3 is 2.29 bits per heavy atom. The summed E-state index contributed by atoms with van der Waals surface area (Å²) in [4.78, 5) is 27.7. The number of aryl methyl sites for hydroxylation is 1. The first-order chi connectivity index (χ1) is 10.1. The van der Waals surface area contributed by atoms with Gasteiger partial charge in [0.15, 0.2) is 0 Å². The van der Waals surface area contributed by atoms with Crippen LogP contribution in [-0.4, -0.2) is 9.97 Å². The van der Waals surface area contributed by atoms with Crippen molar-refractivity contribution in [1.82, 2.24) is 9.97 Å². The van der Waals surface area contributed by atoms with E-state index in [0.29, 0.717) is 17.6 Å². The Labute approximate surface area is 120 Å². The summed E-state index contributed by atoms with van der Waals surface area (Å²) in [5.74, 6) is 0. The van der Waals surface area contributed by atoms with Gasteiger partial charge in [0.05, 0.1) is 11.0 Å². The van der Waals surface area contributed by atoms with Gasteiger partial charge in [-0.15, -0.1) is 0 Å². The minimum Gasteiger partial charge on any atom is -0.381 e. The molecule has 0 saturated carbocycles. The molecule has 5 nitrogen and oxygen atoms in total. The third-order valence-corrected chi connectivity index (χ3v) is 3.34. The van der Waals surface area contributed by atoms with Crippen LogP contribution < -0.4 is 16.4 Å². The molecular weight excluding hydrogens is 266 g/mol. The molecule has 1 aromatic heterocycles. The van der Waals surface area contributed by atoms with Crippen molar-refractivity contribution in [1.29, 1.82) is 0 Å². The Hall–Kier alpha value is -2.82. The first kappa shape index (κ1) is 13.2. The predicted molar refractivity (Wildman–Crippen MR) is 83.7 cm³/mol. The van der Waals surface area contributed by atoms with Crippen LogP contribution in [0.1, 0.15) is 11.1 Å². The van der Waals surface area contributed by atoms with Crippen LogP contribution in [-0.2, 0) is 6.54 Å². The van der Waals surface area contributed by atoms with Crippen molar-refractivity contribution in [2.45, 2.75) is 13.5 Å². The van der Waals surface area contributed by atoms with Gasteiger partial charge in [0.25, 0.3) is 0 Å². The van der Waals surface area contributed by atoms with Crippen molar-refractivity contribution >= 4 is 16.7 Å². The van der Waals surface area contributed by atoms with Gasteiger partial charge in [0.1, 0.15) is 0 Å². The predicted octanol–water partition coefficient (Wildman–Crippen LogP) is 2.14. The van der Waals surface area contributed by atoms with Crippen molar-refractivity contribution < 1.29 is 0 Å². The standard InChI is InChI=1S/C16H15N3O2/c1-10-2-4-11(5-3-10)9-17-12-6-7-13-14(8-12)19-16(21)15(20)18-13/h2-8,17H,9H2,1H3,(H,18,20)(H,19,21). The van der Waals surface area contributed by atoms with Crippen LogP contribution in [0.4, 0.5) is 5.69 Å². The molecule has 0 bridgehead atoms. The normalized spacial score (nSPS) is 10.7. The van der Waals surface area contributed by atoms with E-state index in [1.165, 1.54) is 11.1 Å². The first-order valence-corrected chi connectivity index (χ1v) is 6.67. The van der Waals surface area contributed by atoms with E-state index in [1.807, 2.05) is 6.07 Å². The van der Waals surface area contributed by atoms with Gasteiger partial charge in [-0.3, -0.25) is 9.59 Å². The van der Waals surface area contributed by atoms with Crippen LogP contribution in [0.3, 0.4) is 0 Å². The first-order valence-electron chi connectivity index (χ1n) is 6.67. The van der Waals surface area contributed by atoms with Gasteiger partial charge in [0, 0.05) is 12.2 Å². The van der Waals surface area contributed by atoms with Crippen molar-refractivity contribution in [2.75, 3.05) is 5.32 Å². The molecule has 21 heavy (non-hydrogen) atoms. The van der Waals surface area contributed by atoms with Gasteiger partial charge in [-0.05, 0) is 30.7 Å². The molecule has 3 aromatic rings. The lowest BCUT2D eigenvalue weighted by Gasteiger charge is -2.08. The molecule has 0 saturated heterocycles. The SMILES string of the molecule is Cc1ccc(CNc2ccc3[nH]c(=O)c(=O)[nH]c3c2)cc1. The second-order valence-electron chi connectivity index (χ2n) is 5.01. The van der Waals surface area contributed by atoms with Crippen LogP contribution in [0.25, 0.3) is 11.0 Å². The lowest BCUT2D eigenvalue weighted by atomic mass is 10.1. The number of anilines is 1. The Morgan fingerprint density at radius 1 is 0.905 bits per heavy atom. The van der Waals surface area contributed by atoms with Crippen LogP contribution >= 0.6 is 0 Å². The number of aromatic nitrogens is 2. The third kappa shape index (κ3) is 2.86. The van der Waals surface area contributed by atoms with Crippen LogP contribution in [0, 0.1) is 6.92 Å². The van der Waals surface area contributed by atoms with Crippen molar-refractivity contribution in [3.63, 3.8) is 0 Å². The van der Waals surface area contributed by atoms with E-state index in [-0.39, 0.29) is 0 Å². The average Bonchev–Trinajstić information content (AvgIpc) is 2.48. The van der Waals surface area contributed by atoms with E-state index in [4.69, 9.17) is 0 Å². The number of aromatic amines is 2. The maximum atomic E-state index is 11.3. The zero-order chi connectivity index (χ0) is 14.8. The van der Waals surface area contributed by atoms with Crippen LogP contribution in [0.5, 0.6) is 0 Å². The molecule has 0 aliphatic rings. The molecule has 3 rings (SSSR count). The zero-order valence-electron chi connectivity index (χ0n) is 11.6. The summed E-state index contributed by atoms with van der Waals surface area (Å²) in [5, 5.41) is 3.29. The highest BCUT2D eigenvalue weighted by Crippen LogP contribution is 2.15. The highest BCUT2D eigenvalue weighted by Gasteiger charge is 2.01. The van der Waals surface area contributed by atoms with Gasteiger partial charge in [-0.1, -0.05) is 29.8 Å². The molecule has 106 valence electrons. The number of H-pyrrole nitrogens is 2. The smallest absolute Gasteiger partial charge is 0.314 e. The number of fused-ring (bicyclic) bond motifs is 1. The molecule has 0 aliphatic heterocycles. The van der Waals surface area contributed by atoms with E-state index < -0.39 is 11.1 Å². The fraction of sp³-hybridized carbons (Fsp3) is 0.125. The van der Waals surface area contributed by atoms with Gasteiger partial charge in [0.2, 0.25) is 0 Å². The van der Waals surface area contributed by atoms with Crippen molar-refractivity contribution in [3.05, 3.63) is 74.3 Å².